The molecular weight excluding hydrogens is 396 g/mol. The molecule has 0 spiro atoms. The number of carbonyl (C=O) groups is 3. The van der Waals surface area contributed by atoms with Crippen LogP contribution in [0.5, 0.6) is 0 Å². The number of hydrogen-bond donors (Lipinski definition) is 0. The first-order valence-corrected chi connectivity index (χ1v) is 9.99. The van der Waals surface area contributed by atoms with Crippen molar-refractivity contribution in [1.82, 2.24) is 9.80 Å². The van der Waals surface area contributed by atoms with E-state index in [0.717, 1.165) is 4.90 Å². The highest BCUT2D eigenvalue weighted by Crippen LogP contribution is 2.08. The first-order chi connectivity index (χ1) is 14.2. The topological polar surface area (TPSA) is 104 Å². The third kappa shape index (κ3) is 11.9. The van der Waals surface area contributed by atoms with Gasteiger partial charge in [-0.15, -0.1) is 0 Å². The Kier molecular flexibility index (Phi) is 12.2. The standard InChI is InChI=1S/C20H34N2O8/c1-20(2,3)30-19(25)21(4)7-9-26-11-13-28-15-16-29-14-12-27-10-8-22-17(23)5-6-18(22)24/h5-6H,7-16H2,1-4H3. The van der Waals surface area contributed by atoms with Gasteiger partial charge in [-0.25, -0.2) is 4.79 Å². The van der Waals surface area contributed by atoms with E-state index in [1.165, 1.54) is 17.1 Å². The van der Waals surface area contributed by atoms with Gasteiger partial charge >= 0.3 is 6.09 Å². The summed E-state index contributed by atoms with van der Waals surface area (Å²) in [6.07, 6.45) is 2.12. The largest absolute Gasteiger partial charge is 0.444 e. The highest BCUT2D eigenvalue weighted by molar-refractivity contribution is 6.12. The Morgan fingerprint density at radius 2 is 1.27 bits per heavy atom. The van der Waals surface area contributed by atoms with Crippen LogP contribution < -0.4 is 0 Å². The van der Waals surface area contributed by atoms with Gasteiger partial charge in [0.2, 0.25) is 0 Å². The summed E-state index contributed by atoms with van der Waals surface area (Å²) >= 11 is 0. The smallest absolute Gasteiger partial charge is 0.410 e. The molecule has 0 aliphatic carbocycles. The molecule has 1 rings (SSSR count). The molecule has 1 heterocycles. The predicted molar refractivity (Wildman–Crippen MR) is 108 cm³/mol. The molecular formula is C20H34N2O8. The van der Waals surface area contributed by atoms with Crippen LogP contribution in [-0.4, -0.2) is 106 Å². The first kappa shape index (κ1) is 26.0. The number of amides is 3. The van der Waals surface area contributed by atoms with Gasteiger partial charge in [-0.2, -0.15) is 0 Å². The molecule has 0 saturated carbocycles. The van der Waals surface area contributed by atoms with E-state index in [1.807, 2.05) is 20.8 Å². The minimum Gasteiger partial charge on any atom is -0.444 e. The van der Waals surface area contributed by atoms with Gasteiger partial charge < -0.3 is 28.6 Å². The molecule has 0 N–H and O–H groups in total. The SMILES string of the molecule is CN(CCOCCOCCOCCOCCN1C(=O)C=CC1=O)C(=O)OC(C)(C)C. The van der Waals surface area contributed by atoms with Crippen LogP contribution in [0.4, 0.5) is 4.79 Å². The summed E-state index contributed by atoms with van der Waals surface area (Å²) in [6.45, 7) is 9.31. The molecule has 1 aliphatic rings. The number of likely N-dealkylation sites (N-methyl/N-ethyl adjacent to an activating group) is 1. The number of imide groups is 1. The van der Waals surface area contributed by atoms with E-state index in [0.29, 0.717) is 52.8 Å². The first-order valence-electron chi connectivity index (χ1n) is 9.99. The van der Waals surface area contributed by atoms with Gasteiger partial charge in [-0.1, -0.05) is 0 Å². The Hall–Kier alpha value is -2.01. The summed E-state index contributed by atoms with van der Waals surface area (Å²) in [7, 11) is 1.66. The Balaban J connectivity index is 1.83. The van der Waals surface area contributed by atoms with Crippen LogP contribution in [0.2, 0.25) is 0 Å². The van der Waals surface area contributed by atoms with E-state index in [9.17, 15) is 14.4 Å². The van der Waals surface area contributed by atoms with Crippen LogP contribution in [0.15, 0.2) is 12.2 Å². The summed E-state index contributed by atoms with van der Waals surface area (Å²) in [5, 5.41) is 0. The molecule has 0 unspecified atom stereocenters. The van der Waals surface area contributed by atoms with Crippen molar-refractivity contribution in [2.24, 2.45) is 0 Å². The molecule has 10 nitrogen and oxygen atoms in total. The molecule has 30 heavy (non-hydrogen) atoms. The van der Waals surface area contributed by atoms with E-state index in [-0.39, 0.29) is 31.1 Å². The van der Waals surface area contributed by atoms with Crippen molar-refractivity contribution < 1.29 is 38.1 Å². The number of hydrogen-bond acceptors (Lipinski definition) is 8. The van der Waals surface area contributed by atoms with Crippen molar-refractivity contribution in [3.05, 3.63) is 12.2 Å². The molecule has 0 fully saturated rings. The van der Waals surface area contributed by atoms with Gasteiger partial charge in [0.1, 0.15) is 5.60 Å². The second-order valence-corrected chi connectivity index (χ2v) is 7.51. The minimum atomic E-state index is -0.513. The van der Waals surface area contributed by atoms with E-state index < -0.39 is 5.60 Å². The van der Waals surface area contributed by atoms with E-state index >= 15 is 0 Å². The number of nitrogens with zero attached hydrogens (tertiary/aromatic N) is 2. The second-order valence-electron chi connectivity index (χ2n) is 7.51. The summed E-state index contributed by atoms with van der Waals surface area (Å²) in [5.41, 5.74) is -0.513. The summed E-state index contributed by atoms with van der Waals surface area (Å²) < 4.78 is 26.8. The van der Waals surface area contributed by atoms with Gasteiger partial charge in [0.15, 0.2) is 0 Å². The Morgan fingerprint density at radius 1 is 0.833 bits per heavy atom. The molecule has 0 radical (unpaired) electrons. The summed E-state index contributed by atoms with van der Waals surface area (Å²) in [6, 6.07) is 0. The average molecular weight is 430 g/mol. The lowest BCUT2D eigenvalue weighted by Gasteiger charge is -2.24. The lowest BCUT2D eigenvalue weighted by atomic mass is 10.2. The maximum absolute atomic E-state index is 11.8. The highest BCUT2D eigenvalue weighted by Gasteiger charge is 2.22. The van der Waals surface area contributed by atoms with Crippen molar-refractivity contribution >= 4 is 17.9 Å². The monoisotopic (exact) mass is 430 g/mol. The van der Waals surface area contributed by atoms with Gasteiger partial charge in [0.05, 0.1) is 59.4 Å². The third-order valence-electron chi connectivity index (χ3n) is 3.75. The van der Waals surface area contributed by atoms with Crippen LogP contribution >= 0.6 is 0 Å². The van der Waals surface area contributed by atoms with E-state index in [4.69, 9.17) is 23.7 Å². The zero-order valence-electron chi connectivity index (χ0n) is 18.4. The Labute approximate surface area is 178 Å². The highest BCUT2D eigenvalue weighted by atomic mass is 16.6. The van der Waals surface area contributed by atoms with Gasteiger partial charge in [-0.3, -0.25) is 14.5 Å². The molecule has 0 saturated heterocycles. The molecule has 3 amide bonds. The van der Waals surface area contributed by atoms with Crippen molar-refractivity contribution in [2.75, 3.05) is 73.0 Å². The third-order valence-corrected chi connectivity index (χ3v) is 3.75. The van der Waals surface area contributed by atoms with Crippen molar-refractivity contribution in [3.63, 3.8) is 0 Å². The van der Waals surface area contributed by atoms with Crippen molar-refractivity contribution in [1.29, 1.82) is 0 Å². The number of ether oxygens (including phenoxy) is 5. The van der Waals surface area contributed by atoms with Crippen LogP contribution in [0.25, 0.3) is 0 Å². The minimum absolute atomic E-state index is 0.237. The average Bonchev–Trinajstić information content (AvgIpc) is 2.98. The molecule has 0 atom stereocenters. The molecule has 172 valence electrons. The zero-order valence-corrected chi connectivity index (χ0v) is 18.4. The van der Waals surface area contributed by atoms with Gasteiger partial charge in [0.25, 0.3) is 11.8 Å². The fourth-order valence-corrected chi connectivity index (χ4v) is 2.20. The Bertz CT molecular complexity index is 556. The molecule has 0 aromatic heterocycles. The number of rotatable bonds is 15. The maximum Gasteiger partial charge on any atom is 0.410 e. The lowest BCUT2D eigenvalue weighted by Crippen LogP contribution is -2.36. The summed E-state index contributed by atoms with van der Waals surface area (Å²) in [4.78, 5) is 37.0. The van der Waals surface area contributed by atoms with Crippen molar-refractivity contribution in [3.8, 4) is 0 Å². The Morgan fingerprint density at radius 3 is 1.73 bits per heavy atom. The number of carbonyl (C=O) groups excluding carboxylic acids is 3. The second kappa shape index (κ2) is 14.1. The molecule has 0 aromatic rings. The fourth-order valence-electron chi connectivity index (χ4n) is 2.20. The fraction of sp³-hybridized carbons (Fsp3) is 0.750. The molecule has 0 aromatic carbocycles. The van der Waals surface area contributed by atoms with E-state index in [1.54, 1.807) is 7.05 Å². The van der Waals surface area contributed by atoms with Gasteiger partial charge in [0, 0.05) is 25.7 Å². The van der Waals surface area contributed by atoms with Crippen LogP contribution in [0, 0.1) is 0 Å². The maximum atomic E-state index is 11.8. The molecule has 1 aliphatic heterocycles. The van der Waals surface area contributed by atoms with Crippen LogP contribution in [-0.2, 0) is 33.3 Å². The molecule has 10 heteroatoms. The zero-order chi connectivity index (χ0) is 22.4. The summed E-state index contributed by atoms with van der Waals surface area (Å²) in [5.74, 6) is -0.618. The van der Waals surface area contributed by atoms with Crippen molar-refractivity contribution in [2.45, 2.75) is 26.4 Å². The van der Waals surface area contributed by atoms with Crippen LogP contribution in [0.1, 0.15) is 20.8 Å². The van der Waals surface area contributed by atoms with Gasteiger partial charge in [-0.05, 0) is 20.8 Å². The quantitative estimate of drug-likeness (QED) is 0.278. The van der Waals surface area contributed by atoms with Crippen LogP contribution in [0.3, 0.4) is 0 Å². The van der Waals surface area contributed by atoms with E-state index in [2.05, 4.69) is 0 Å². The predicted octanol–water partition coefficient (Wildman–Crippen LogP) is 0.845. The molecule has 0 bridgehead atoms. The lowest BCUT2D eigenvalue weighted by molar-refractivity contribution is -0.137. The normalized spacial score (nSPS) is 13.9.